The van der Waals surface area contributed by atoms with Crippen molar-refractivity contribution in [1.82, 2.24) is 10.3 Å². The van der Waals surface area contributed by atoms with Crippen molar-refractivity contribution in [1.29, 1.82) is 0 Å². The number of hydrogen-bond acceptors (Lipinski definition) is 12. The minimum atomic E-state index is -4.99. The molecule has 2 heterocycles. The number of nitrogens with zero attached hydrogens (tertiary/aromatic N) is 2. The molecule has 0 spiro atoms. The lowest BCUT2D eigenvalue weighted by Gasteiger charge is -2.30. The first-order valence-electron chi connectivity index (χ1n) is 12.6. The van der Waals surface area contributed by atoms with E-state index >= 15 is 0 Å². The first-order valence-corrected chi connectivity index (χ1v) is 14.8. The van der Waals surface area contributed by atoms with Gasteiger partial charge in [0.2, 0.25) is 6.29 Å². The number of methoxy groups -OCH3 is 1. The second-order valence-corrected chi connectivity index (χ2v) is 11.3. The molecule has 222 valence electrons. The summed E-state index contributed by atoms with van der Waals surface area (Å²) in [6, 6.07) is 5.41. The van der Waals surface area contributed by atoms with Crippen LogP contribution in [0.1, 0.15) is 61.7 Å². The van der Waals surface area contributed by atoms with E-state index in [1.165, 1.54) is 31.2 Å². The predicted octanol–water partition coefficient (Wildman–Crippen LogP) is 4.26. The van der Waals surface area contributed by atoms with E-state index in [2.05, 4.69) is 14.5 Å². The van der Waals surface area contributed by atoms with Crippen molar-refractivity contribution < 1.29 is 41.1 Å². The molecule has 0 radical (unpaired) electrons. The summed E-state index contributed by atoms with van der Waals surface area (Å²) < 4.78 is 47.3. The second-order valence-electron chi connectivity index (χ2n) is 9.32. The van der Waals surface area contributed by atoms with Crippen LogP contribution < -0.4 is 5.32 Å². The first-order chi connectivity index (χ1) is 19.3. The van der Waals surface area contributed by atoms with Gasteiger partial charge in [-0.15, -0.1) is 11.3 Å². The molecule has 41 heavy (non-hydrogen) atoms. The van der Waals surface area contributed by atoms with Crippen molar-refractivity contribution in [2.24, 2.45) is 0 Å². The number of nitro benzene ring substituents is 1. The van der Waals surface area contributed by atoms with Crippen molar-refractivity contribution in [3.63, 3.8) is 0 Å². The number of carbonyl (C=O) groups is 2. The van der Waals surface area contributed by atoms with Crippen molar-refractivity contribution in [2.45, 2.75) is 65.1 Å². The summed E-state index contributed by atoms with van der Waals surface area (Å²) in [4.78, 5) is 41.6. The topological polar surface area (TPSA) is 184 Å². The van der Waals surface area contributed by atoms with E-state index in [1.807, 2.05) is 12.3 Å². The lowest BCUT2D eigenvalue weighted by molar-refractivity contribution is -0.384. The number of aromatic nitrogens is 1. The Morgan fingerprint density at radius 3 is 2.41 bits per heavy atom. The van der Waals surface area contributed by atoms with Crippen molar-refractivity contribution in [3.05, 3.63) is 78.6 Å². The number of thiazole rings is 1. The van der Waals surface area contributed by atoms with Crippen LogP contribution >= 0.6 is 11.3 Å². The van der Waals surface area contributed by atoms with E-state index < -0.39 is 39.5 Å². The van der Waals surface area contributed by atoms with Gasteiger partial charge < -0.3 is 14.8 Å². The number of aryl methyl sites for hydroxylation is 2. The molecule has 2 atom stereocenters. The van der Waals surface area contributed by atoms with Gasteiger partial charge >= 0.3 is 22.3 Å². The average Bonchev–Trinajstić information content (AvgIpc) is 3.31. The fourth-order valence-corrected chi connectivity index (χ4v) is 5.75. The third-order valence-electron chi connectivity index (χ3n) is 6.26. The van der Waals surface area contributed by atoms with E-state index in [9.17, 15) is 32.7 Å². The quantitative estimate of drug-likeness (QED) is 0.0822. The summed E-state index contributed by atoms with van der Waals surface area (Å²) in [7, 11) is -3.83. The second kappa shape index (κ2) is 13.8. The van der Waals surface area contributed by atoms with Gasteiger partial charge in [0.1, 0.15) is 0 Å². The lowest BCUT2D eigenvalue weighted by atomic mass is 9.80. The number of allylic oxidation sites excluding steroid dienone is 2. The van der Waals surface area contributed by atoms with Crippen LogP contribution in [-0.2, 0) is 40.1 Å². The number of carbonyl (C=O) groups excluding carboxylic acids is 2. The minimum Gasteiger partial charge on any atom is -0.466 e. The van der Waals surface area contributed by atoms with Crippen LogP contribution in [0.5, 0.6) is 0 Å². The maximum atomic E-state index is 13.6. The van der Waals surface area contributed by atoms with Gasteiger partial charge in [-0.1, -0.05) is 18.6 Å². The molecule has 0 aliphatic carbocycles. The summed E-state index contributed by atoms with van der Waals surface area (Å²) in [5, 5.41) is 17.3. The van der Waals surface area contributed by atoms with Gasteiger partial charge in [-0.3, -0.25) is 14.7 Å². The van der Waals surface area contributed by atoms with Crippen LogP contribution in [0.15, 0.2) is 52.2 Å². The van der Waals surface area contributed by atoms with Crippen LogP contribution in [0.2, 0.25) is 0 Å². The molecule has 1 aromatic carbocycles. The number of esters is 2. The van der Waals surface area contributed by atoms with E-state index in [4.69, 9.17) is 9.47 Å². The third kappa shape index (κ3) is 8.66. The first kappa shape index (κ1) is 31.9. The normalized spacial score (nSPS) is 16.3. The highest BCUT2D eigenvalue weighted by atomic mass is 32.3. The molecule has 0 fully saturated rings. The molecule has 13 nitrogen and oxygen atoms in total. The smallest absolute Gasteiger partial charge is 0.400 e. The number of benzene rings is 1. The molecule has 0 saturated carbocycles. The maximum Gasteiger partial charge on any atom is 0.400 e. The Morgan fingerprint density at radius 2 is 1.83 bits per heavy atom. The predicted molar refractivity (Wildman–Crippen MR) is 148 cm³/mol. The SMILES string of the molecule is COC(=O)C1=C(C)NC(C)=C(C(=O)OC(CCCCCc2nc(C)cs2)OS(=O)(=O)O)C1c1cccc([N+](=O)[O-])c1. The van der Waals surface area contributed by atoms with Crippen molar-refractivity contribution in [3.8, 4) is 0 Å². The Balaban J connectivity index is 1.86. The zero-order chi connectivity index (χ0) is 30.3. The number of unbranched alkanes of at least 4 members (excludes halogenated alkanes) is 2. The molecule has 3 rings (SSSR count). The van der Waals surface area contributed by atoms with Crippen LogP contribution in [0.4, 0.5) is 5.69 Å². The van der Waals surface area contributed by atoms with Crippen LogP contribution in [0, 0.1) is 17.0 Å². The highest BCUT2D eigenvalue weighted by molar-refractivity contribution is 7.80. The number of hydrogen-bond donors (Lipinski definition) is 2. The highest BCUT2D eigenvalue weighted by Crippen LogP contribution is 2.40. The molecule has 2 N–H and O–H groups in total. The van der Waals surface area contributed by atoms with Crippen molar-refractivity contribution >= 4 is 39.4 Å². The largest absolute Gasteiger partial charge is 0.466 e. The molecular weight excluding hydrogens is 578 g/mol. The minimum absolute atomic E-state index is 0.00946. The summed E-state index contributed by atoms with van der Waals surface area (Å²) in [6.07, 6.45) is 0.786. The summed E-state index contributed by atoms with van der Waals surface area (Å²) in [5.41, 5.74) is 1.41. The molecule has 2 unspecified atom stereocenters. The Hall–Kier alpha value is -3.66. The van der Waals surface area contributed by atoms with Crippen LogP contribution in [0.3, 0.4) is 0 Å². The van der Waals surface area contributed by atoms with Gasteiger partial charge in [-0.25, -0.2) is 18.8 Å². The van der Waals surface area contributed by atoms with E-state index in [1.54, 1.807) is 18.3 Å². The number of nitrogens with one attached hydrogen (secondary N) is 1. The molecular formula is C26H31N3O10S2. The van der Waals surface area contributed by atoms with E-state index in [0.29, 0.717) is 18.5 Å². The maximum absolute atomic E-state index is 13.6. The van der Waals surface area contributed by atoms with Gasteiger partial charge in [0.25, 0.3) is 5.69 Å². The zero-order valence-corrected chi connectivity index (χ0v) is 24.5. The average molecular weight is 610 g/mol. The molecule has 0 bridgehead atoms. The molecule has 0 amide bonds. The summed E-state index contributed by atoms with van der Waals surface area (Å²) >= 11 is 1.55. The van der Waals surface area contributed by atoms with Crippen LogP contribution in [0.25, 0.3) is 0 Å². The van der Waals surface area contributed by atoms with Gasteiger partial charge in [-0.2, -0.15) is 8.42 Å². The van der Waals surface area contributed by atoms with Gasteiger partial charge in [-0.05, 0) is 45.6 Å². The zero-order valence-electron chi connectivity index (χ0n) is 22.9. The van der Waals surface area contributed by atoms with Crippen molar-refractivity contribution in [2.75, 3.05) is 7.11 Å². The fourth-order valence-electron chi connectivity index (χ4n) is 4.52. The monoisotopic (exact) mass is 609 g/mol. The standard InChI is InChI=1S/C26H31N3O10S2/c1-15-14-40-20(27-15)11-6-5-7-12-21(39-41(34,35)36)38-26(31)23-17(3)28-16(2)22(25(30)37-4)24(23)18-9-8-10-19(13-18)29(32)33/h8-10,13-14,21,24,28H,5-7,11-12H2,1-4H3,(H,34,35,36). The third-order valence-corrected chi connectivity index (χ3v) is 7.75. The molecule has 1 aliphatic heterocycles. The number of rotatable bonds is 13. The van der Waals surface area contributed by atoms with E-state index in [0.717, 1.165) is 30.7 Å². The van der Waals surface area contributed by atoms with Gasteiger partial charge in [0.15, 0.2) is 0 Å². The summed E-state index contributed by atoms with van der Waals surface area (Å²) in [5.74, 6) is -2.98. The Morgan fingerprint density at radius 1 is 1.15 bits per heavy atom. The Labute approximate surface area is 241 Å². The molecule has 0 saturated heterocycles. The molecule has 15 heteroatoms. The molecule has 1 aliphatic rings. The number of dihydropyridines is 1. The number of nitro groups is 1. The fraction of sp³-hybridized carbons (Fsp3) is 0.423. The molecule has 2 aromatic rings. The van der Waals surface area contributed by atoms with Gasteiger partial charge in [0, 0.05) is 41.0 Å². The van der Waals surface area contributed by atoms with Gasteiger partial charge in [0.05, 0.1) is 34.1 Å². The van der Waals surface area contributed by atoms with Crippen LogP contribution in [-0.4, -0.2) is 48.2 Å². The highest BCUT2D eigenvalue weighted by Gasteiger charge is 2.39. The Kier molecular flexibility index (Phi) is 10.7. The lowest BCUT2D eigenvalue weighted by Crippen LogP contribution is -2.34. The Bertz CT molecular complexity index is 1480. The summed E-state index contributed by atoms with van der Waals surface area (Å²) in [6.45, 7) is 5.02. The number of non-ortho nitro benzene ring substituents is 1. The number of ether oxygens (including phenoxy) is 2. The molecule has 1 aromatic heterocycles. The van der Waals surface area contributed by atoms with E-state index in [-0.39, 0.29) is 34.5 Å².